The number of nitrogens with zero attached hydrogens (tertiary/aromatic N) is 4. The highest BCUT2D eigenvalue weighted by atomic mass is 16.2. The summed E-state index contributed by atoms with van der Waals surface area (Å²) in [6.45, 7) is 5.32. The number of aromatic nitrogens is 4. The van der Waals surface area contributed by atoms with Crippen molar-refractivity contribution in [2.24, 2.45) is 7.05 Å². The maximum absolute atomic E-state index is 11.8. The molecule has 3 N–H and O–H groups in total. The smallest absolute Gasteiger partial charge is 0.315 e. The van der Waals surface area contributed by atoms with Crippen LogP contribution in [-0.2, 0) is 13.6 Å². The molecule has 2 aromatic heterocycles. The molecule has 0 atom stereocenters. The van der Waals surface area contributed by atoms with Gasteiger partial charge in [0.25, 0.3) is 0 Å². The van der Waals surface area contributed by atoms with E-state index >= 15 is 0 Å². The van der Waals surface area contributed by atoms with Crippen molar-refractivity contribution in [3.8, 4) is 11.3 Å². The van der Waals surface area contributed by atoms with Crippen LogP contribution in [0.25, 0.3) is 11.3 Å². The zero-order chi connectivity index (χ0) is 20.6. The Labute approximate surface area is 170 Å². The Morgan fingerprint density at radius 2 is 2.07 bits per heavy atom. The molecule has 0 unspecified atom stereocenters. The normalized spacial score (nSPS) is 10.6. The second-order valence-corrected chi connectivity index (χ2v) is 6.90. The van der Waals surface area contributed by atoms with Crippen LogP contribution in [0.5, 0.6) is 0 Å². The molecule has 0 aliphatic heterocycles. The lowest BCUT2D eigenvalue weighted by molar-refractivity contribution is 0.240. The fraction of sp³-hybridized carbons (Fsp3) is 0.333. The van der Waals surface area contributed by atoms with Crippen molar-refractivity contribution < 1.29 is 4.79 Å². The number of hydrogen-bond acceptors (Lipinski definition) is 5. The first kappa shape index (κ1) is 20.3. The summed E-state index contributed by atoms with van der Waals surface area (Å²) in [5, 5.41) is 13.0. The van der Waals surface area contributed by atoms with Crippen LogP contribution in [0, 0.1) is 6.92 Å². The first-order chi connectivity index (χ1) is 14.0. The number of aryl methyl sites for hydroxylation is 2. The van der Waals surface area contributed by atoms with Crippen LogP contribution < -0.4 is 16.0 Å². The molecule has 0 radical (unpaired) electrons. The van der Waals surface area contributed by atoms with Gasteiger partial charge >= 0.3 is 6.03 Å². The number of unbranched alkanes of at least 4 members (excludes halogenated alkanes) is 1. The SMILES string of the molecule is CCCCNC(=O)NCc1ccc(-c2ccnc(Nc3cnn(C)c3)n2)cc1C. The van der Waals surface area contributed by atoms with Crippen LogP contribution in [0.1, 0.15) is 30.9 Å². The van der Waals surface area contributed by atoms with Crippen molar-refractivity contribution in [1.29, 1.82) is 0 Å². The van der Waals surface area contributed by atoms with E-state index in [1.165, 1.54) is 0 Å². The zero-order valence-corrected chi connectivity index (χ0v) is 17.1. The van der Waals surface area contributed by atoms with E-state index in [9.17, 15) is 4.79 Å². The van der Waals surface area contributed by atoms with Gasteiger partial charge in [-0.3, -0.25) is 4.68 Å². The van der Waals surface area contributed by atoms with Gasteiger partial charge in [0.05, 0.1) is 17.6 Å². The van der Waals surface area contributed by atoms with E-state index in [0.29, 0.717) is 19.0 Å². The Balaban J connectivity index is 1.65. The molecule has 3 aromatic rings. The van der Waals surface area contributed by atoms with Gasteiger partial charge in [0, 0.05) is 38.1 Å². The highest BCUT2D eigenvalue weighted by molar-refractivity contribution is 5.74. The van der Waals surface area contributed by atoms with Gasteiger partial charge in [-0.1, -0.05) is 25.5 Å². The standard InChI is InChI=1S/C21H27N7O/c1-4-5-9-23-21(29)24-12-17-7-6-16(11-15(17)2)19-8-10-22-20(27-19)26-18-13-25-28(3)14-18/h6-8,10-11,13-14H,4-5,9,12H2,1-3H3,(H,22,26,27)(H2,23,24,29). The predicted molar refractivity (Wildman–Crippen MR) is 114 cm³/mol. The van der Waals surface area contributed by atoms with Crippen LogP contribution in [0.4, 0.5) is 16.4 Å². The van der Waals surface area contributed by atoms with E-state index in [1.54, 1.807) is 17.1 Å². The molecule has 3 rings (SSSR count). The molecule has 0 spiro atoms. The summed E-state index contributed by atoms with van der Waals surface area (Å²) in [4.78, 5) is 20.7. The number of amides is 2. The summed E-state index contributed by atoms with van der Waals surface area (Å²) in [5.74, 6) is 0.516. The first-order valence-corrected chi connectivity index (χ1v) is 9.75. The minimum absolute atomic E-state index is 0.135. The van der Waals surface area contributed by atoms with E-state index in [2.05, 4.69) is 44.0 Å². The van der Waals surface area contributed by atoms with Gasteiger partial charge in [-0.05, 0) is 36.6 Å². The molecule has 8 heteroatoms. The number of rotatable bonds is 8. The summed E-state index contributed by atoms with van der Waals surface area (Å²) in [6.07, 6.45) is 7.36. The first-order valence-electron chi connectivity index (χ1n) is 9.75. The number of nitrogens with one attached hydrogen (secondary N) is 3. The number of carbonyl (C=O) groups is 1. The van der Waals surface area contributed by atoms with E-state index < -0.39 is 0 Å². The lowest BCUT2D eigenvalue weighted by Crippen LogP contribution is -2.35. The maximum Gasteiger partial charge on any atom is 0.315 e. The van der Waals surface area contributed by atoms with Gasteiger partial charge in [-0.25, -0.2) is 14.8 Å². The third-order valence-corrected chi connectivity index (χ3v) is 4.51. The summed E-state index contributed by atoms with van der Waals surface area (Å²) in [5.41, 5.74) is 4.82. The van der Waals surface area contributed by atoms with Crippen LogP contribution in [0.3, 0.4) is 0 Å². The third kappa shape index (κ3) is 5.78. The molecule has 0 aliphatic rings. The van der Waals surface area contributed by atoms with E-state index in [4.69, 9.17) is 0 Å². The average Bonchev–Trinajstić information content (AvgIpc) is 3.12. The molecule has 0 saturated heterocycles. The molecular formula is C21H27N7O. The third-order valence-electron chi connectivity index (χ3n) is 4.51. The van der Waals surface area contributed by atoms with Gasteiger partial charge in [0.1, 0.15) is 0 Å². The minimum atomic E-state index is -0.135. The van der Waals surface area contributed by atoms with Gasteiger partial charge in [0.15, 0.2) is 0 Å². The largest absolute Gasteiger partial charge is 0.338 e. The molecule has 29 heavy (non-hydrogen) atoms. The Hall–Kier alpha value is -3.42. The van der Waals surface area contributed by atoms with Gasteiger partial charge in [0.2, 0.25) is 5.95 Å². The van der Waals surface area contributed by atoms with Crippen LogP contribution in [0.2, 0.25) is 0 Å². The fourth-order valence-corrected chi connectivity index (χ4v) is 2.86. The van der Waals surface area contributed by atoms with Crippen LogP contribution in [0.15, 0.2) is 42.9 Å². The van der Waals surface area contributed by atoms with Gasteiger partial charge in [-0.2, -0.15) is 5.10 Å². The molecule has 8 nitrogen and oxygen atoms in total. The van der Waals surface area contributed by atoms with E-state index in [0.717, 1.165) is 40.9 Å². The minimum Gasteiger partial charge on any atom is -0.338 e. The number of benzene rings is 1. The Morgan fingerprint density at radius 3 is 2.79 bits per heavy atom. The quantitative estimate of drug-likeness (QED) is 0.509. The zero-order valence-electron chi connectivity index (χ0n) is 17.1. The molecule has 0 aliphatic carbocycles. The highest BCUT2D eigenvalue weighted by Crippen LogP contribution is 2.22. The van der Waals surface area contributed by atoms with Crippen molar-refractivity contribution in [1.82, 2.24) is 30.4 Å². The van der Waals surface area contributed by atoms with Crippen molar-refractivity contribution >= 4 is 17.7 Å². The molecule has 1 aromatic carbocycles. The molecule has 2 heterocycles. The van der Waals surface area contributed by atoms with E-state index in [-0.39, 0.29) is 6.03 Å². The summed E-state index contributed by atoms with van der Waals surface area (Å²) < 4.78 is 1.71. The monoisotopic (exact) mass is 393 g/mol. The Morgan fingerprint density at radius 1 is 1.21 bits per heavy atom. The van der Waals surface area contributed by atoms with Gasteiger partial charge < -0.3 is 16.0 Å². The fourth-order valence-electron chi connectivity index (χ4n) is 2.86. The van der Waals surface area contributed by atoms with Crippen molar-refractivity contribution in [3.63, 3.8) is 0 Å². The number of hydrogen-bond donors (Lipinski definition) is 3. The molecule has 152 valence electrons. The van der Waals surface area contributed by atoms with Crippen molar-refractivity contribution in [2.75, 3.05) is 11.9 Å². The molecule has 2 amide bonds. The molecule has 0 saturated carbocycles. The summed E-state index contributed by atoms with van der Waals surface area (Å²) >= 11 is 0. The second-order valence-electron chi connectivity index (χ2n) is 6.90. The summed E-state index contributed by atoms with van der Waals surface area (Å²) in [7, 11) is 1.86. The summed E-state index contributed by atoms with van der Waals surface area (Å²) in [6, 6.07) is 7.84. The Bertz CT molecular complexity index is 967. The number of carbonyl (C=O) groups excluding carboxylic acids is 1. The second kappa shape index (κ2) is 9.68. The number of urea groups is 1. The lowest BCUT2D eigenvalue weighted by Gasteiger charge is -2.11. The molecule has 0 fully saturated rings. The van der Waals surface area contributed by atoms with Gasteiger partial charge in [-0.15, -0.1) is 0 Å². The van der Waals surface area contributed by atoms with Crippen molar-refractivity contribution in [2.45, 2.75) is 33.2 Å². The molecule has 0 bridgehead atoms. The predicted octanol–water partition coefficient (Wildman–Crippen LogP) is 3.53. The highest BCUT2D eigenvalue weighted by Gasteiger charge is 2.07. The Kier molecular flexibility index (Phi) is 6.78. The van der Waals surface area contributed by atoms with Crippen molar-refractivity contribution in [3.05, 3.63) is 54.0 Å². The lowest BCUT2D eigenvalue weighted by atomic mass is 10.0. The number of anilines is 2. The molecular weight excluding hydrogens is 366 g/mol. The average molecular weight is 393 g/mol. The maximum atomic E-state index is 11.8. The van der Waals surface area contributed by atoms with Crippen LogP contribution in [-0.4, -0.2) is 32.3 Å². The van der Waals surface area contributed by atoms with E-state index in [1.807, 2.05) is 38.4 Å². The van der Waals surface area contributed by atoms with Crippen LogP contribution >= 0.6 is 0 Å². The topological polar surface area (TPSA) is 96.8 Å².